The van der Waals surface area contributed by atoms with Gasteiger partial charge in [-0.2, -0.15) is 0 Å². The summed E-state index contributed by atoms with van der Waals surface area (Å²) >= 11 is 0. The van der Waals surface area contributed by atoms with Gasteiger partial charge in [-0.15, -0.1) is 0 Å². The van der Waals surface area contributed by atoms with E-state index in [1.807, 2.05) is 36.4 Å². The zero-order chi connectivity index (χ0) is 16.7. The SMILES string of the molecule is C[C@@](C/C=C/c1ccccc1)(NC(=O)c1ccccc1)C(=O)O. The van der Waals surface area contributed by atoms with Gasteiger partial charge in [-0.3, -0.25) is 4.79 Å². The maximum Gasteiger partial charge on any atom is 0.329 e. The van der Waals surface area contributed by atoms with Gasteiger partial charge >= 0.3 is 5.97 Å². The van der Waals surface area contributed by atoms with Gasteiger partial charge < -0.3 is 10.4 Å². The van der Waals surface area contributed by atoms with Gasteiger partial charge in [0.15, 0.2) is 0 Å². The van der Waals surface area contributed by atoms with E-state index in [0.717, 1.165) is 5.56 Å². The molecule has 0 aromatic heterocycles. The molecule has 0 saturated carbocycles. The first-order valence-corrected chi connectivity index (χ1v) is 7.34. The zero-order valence-electron chi connectivity index (χ0n) is 12.9. The summed E-state index contributed by atoms with van der Waals surface area (Å²) in [5.41, 5.74) is 0.0553. The van der Waals surface area contributed by atoms with Gasteiger partial charge in [-0.05, 0) is 31.0 Å². The predicted octanol–water partition coefficient (Wildman–Crippen LogP) is 3.36. The first kappa shape index (κ1) is 16.5. The molecule has 2 N–H and O–H groups in total. The average Bonchev–Trinajstić information content (AvgIpc) is 2.56. The Labute approximate surface area is 135 Å². The molecule has 2 rings (SSSR count). The second-order valence-electron chi connectivity index (χ2n) is 5.47. The second kappa shape index (κ2) is 7.40. The van der Waals surface area contributed by atoms with E-state index in [-0.39, 0.29) is 6.42 Å². The molecule has 0 heterocycles. The summed E-state index contributed by atoms with van der Waals surface area (Å²) in [5.74, 6) is -1.47. The van der Waals surface area contributed by atoms with Crippen LogP contribution in [0.4, 0.5) is 0 Å². The molecule has 4 nitrogen and oxygen atoms in total. The van der Waals surface area contributed by atoms with Crippen molar-refractivity contribution in [3.05, 3.63) is 77.9 Å². The maximum atomic E-state index is 12.2. The zero-order valence-corrected chi connectivity index (χ0v) is 12.9. The van der Waals surface area contributed by atoms with E-state index < -0.39 is 17.4 Å². The summed E-state index contributed by atoms with van der Waals surface area (Å²) < 4.78 is 0. The molecule has 1 amide bonds. The third-order valence-corrected chi connectivity index (χ3v) is 3.53. The minimum atomic E-state index is -1.36. The fourth-order valence-electron chi connectivity index (χ4n) is 2.10. The van der Waals surface area contributed by atoms with Crippen LogP contribution in [0.25, 0.3) is 6.08 Å². The van der Waals surface area contributed by atoms with Gasteiger partial charge in [0.2, 0.25) is 0 Å². The van der Waals surface area contributed by atoms with Gasteiger partial charge in [0.1, 0.15) is 5.54 Å². The molecule has 0 unspecified atom stereocenters. The van der Waals surface area contributed by atoms with Gasteiger partial charge in [0.25, 0.3) is 5.91 Å². The topological polar surface area (TPSA) is 66.4 Å². The fourth-order valence-corrected chi connectivity index (χ4v) is 2.10. The van der Waals surface area contributed by atoms with E-state index >= 15 is 0 Å². The fraction of sp³-hybridized carbons (Fsp3) is 0.158. The monoisotopic (exact) mass is 309 g/mol. The highest BCUT2D eigenvalue weighted by Crippen LogP contribution is 2.14. The summed E-state index contributed by atoms with van der Waals surface area (Å²) in [6.07, 6.45) is 3.79. The van der Waals surface area contributed by atoms with Crippen LogP contribution >= 0.6 is 0 Å². The van der Waals surface area contributed by atoms with Crippen LogP contribution in [0.1, 0.15) is 29.3 Å². The van der Waals surface area contributed by atoms with E-state index in [0.29, 0.717) is 5.56 Å². The summed E-state index contributed by atoms with van der Waals surface area (Å²) in [6.45, 7) is 1.51. The first-order valence-electron chi connectivity index (χ1n) is 7.34. The lowest BCUT2D eigenvalue weighted by Crippen LogP contribution is -2.51. The third-order valence-electron chi connectivity index (χ3n) is 3.53. The van der Waals surface area contributed by atoms with Crippen LogP contribution in [-0.2, 0) is 4.79 Å². The van der Waals surface area contributed by atoms with E-state index in [1.165, 1.54) is 6.92 Å². The molecular formula is C19H19NO3. The number of carbonyl (C=O) groups excluding carboxylic acids is 1. The van der Waals surface area contributed by atoms with Crippen molar-refractivity contribution < 1.29 is 14.7 Å². The smallest absolute Gasteiger partial charge is 0.329 e. The molecular weight excluding hydrogens is 290 g/mol. The van der Waals surface area contributed by atoms with Crippen molar-refractivity contribution in [2.75, 3.05) is 0 Å². The highest BCUT2D eigenvalue weighted by atomic mass is 16.4. The van der Waals surface area contributed by atoms with Crippen molar-refractivity contribution in [3.63, 3.8) is 0 Å². The van der Waals surface area contributed by atoms with Crippen LogP contribution in [0, 0.1) is 0 Å². The van der Waals surface area contributed by atoms with Crippen LogP contribution in [0.2, 0.25) is 0 Å². The van der Waals surface area contributed by atoms with Crippen LogP contribution in [0.5, 0.6) is 0 Å². The Morgan fingerprint density at radius 1 is 1.04 bits per heavy atom. The van der Waals surface area contributed by atoms with Gasteiger partial charge in [-0.1, -0.05) is 60.7 Å². The maximum absolute atomic E-state index is 12.2. The Morgan fingerprint density at radius 3 is 2.17 bits per heavy atom. The van der Waals surface area contributed by atoms with Crippen LogP contribution in [-0.4, -0.2) is 22.5 Å². The highest BCUT2D eigenvalue weighted by molar-refractivity contribution is 5.97. The molecule has 4 heteroatoms. The molecule has 0 bridgehead atoms. The molecule has 0 aliphatic heterocycles. The number of carboxylic acid groups (broad SMARTS) is 1. The standard InChI is InChI=1S/C19H19NO3/c1-19(18(22)23,14-8-11-15-9-4-2-5-10-15)20-17(21)16-12-6-3-7-13-16/h2-13H,14H2,1H3,(H,20,21)(H,22,23)/b11-8+/t19-/m0/s1. The summed E-state index contributed by atoms with van der Waals surface area (Å²) in [4.78, 5) is 23.8. The Kier molecular flexibility index (Phi) is 5.31. The number of carbonyl (C=O) groups is 2. The number of nitrogens with one attached hydrogen (secondary N) is 1. The highest BCUT2D eigenvalue weighted by Gasteiger charge is 2.33. The molecule has 0 saturated heterocycles. The number of rotatable bonds is 6. The van der Waals surface area contributed by atoms with Gasteiger partial charge in [0, 0.05) is 5.56 Å². The Morgan fingerprint density at radius 2 is 1.61 bits per heavy atom. The third kappa shape index (κ3) is 4.54. The normalized spacial score (nSPS) is 13.4. The lowest BCUT2D eigenvalue weighted by atomic mass is 9.96. The minimum absolute atomic E-state index is 0.190. The minimum Gasteiger partial charge on any atom is -0.480 e. The van der Waals surface area contributed by atoms with E-state index in [2.05, 4.69) is 5.32 Å². The van der Waals surface area contributed by atoms with E-state index in [1.54, 1.807) is 36.4 Å². The van der Waals surface area contributed by atoms with Crippen molar-refractivity contribution in [3.8, 4) is 0 Å². The average molecular weight is 309 g/mol. The lowest BCUT2D eigenvalue weighted by molar-refractivity contribution is -0.143. The molecule has 118 valence electrons. The Bertz CT molecular complexity index is 695. The molecule has 1 atom stereocenters. The molecule has 0 aliphatic rings. The first-order chi connectivity index (χ1) is 11.0. The van der Waals surface area contributed by atoms with Crippen molar-refractivity contribution in [2.24, 2.45) is 0 Å². The van der Waals surface area contributed by atoms with Crippen LogP contribution < -0.4 is 5.32 Å². The summed E-state index contributed by atoms with van der Waals surface area (Å²) in [5, 5.41) is 12.1. The number of hydrogen-bond acceptors (Lipinski definition) is 2. The van der Waals surface area contributed by atoms with Gasteiger partial charge in [-0.25, -0.2) is 4.79 Å². The number of aliphatic carboxylic acids is 1. The molecule has 2 aromatic rings. The van der Waals surface area contributed by atoms with Gasteiger partial charge in [0.05, 0.1) is 0 Å². The molecule has 2 aromatic carbocycles. The quantitative estimate of drug-likeness (QED) is 0.860. The molecule has 0 radical (unpaired) electrons. The number of hydrogen-bond donors (Lipinski definition) is 2. The largest absolute Gasteiger partial charge is 0.480 e. The van der Waals surface area contributed by atoms with Crippen LogP contribution in [0.15, 0.2) is 66.7 Å². The molecule has 23 heavy (non-hydrogen) atoms. The summed E-state index contributed by atoms with van der Waals surface area (Å²) in [6, 6.07) is 18.2. The number of benzene rings is 2. The summed E-state index contributed by atoms with van der Waals surface area (Å²) in [7, 11) is 0. The van der Waals surface area contributed by atoms with Crippen molar-refractivity contribution in [1.82, 2.24) is 5.32 Å². The lowest BCUT2D eigenvalue weighted by Gasteiger charge is -2.25. The van der Waals surface area contributed by atoms with E-state index in [9.17, 15) is 14.7 Å². The second-order valence-corrected chi connectivity index (χ2v) is 5.47. The predicted molar refractivity (Wildman–Crippen MR) is 90.0 cm³/mol. The number of carboxylic acids is 1. The Balaban J connectivity index is 2.08. The van der Waals surface area contributed by atoms with E-state index in [4.69, 9.17) is 0 Å². The van der Waals surface area contributed by atoms with Crippen LogP contribution in [0.3, 0.4) is 0 Å². The molecule has 0 fully saturated rings. The Hall–Kier alpha value is -2.88. The van der Waals surface area contributed by atoms with Crippen molar-refractivity contribution >= 4 is 18.0 Å². The number of amides is 1. The van der Waals surface area contributed by atoms with Crippen molar-refractivity contribution in [2.45, 2.75) is 18.9 Å². The molecule has 0 aliphatic carbocycles. The molecule has 0 spiro atoms. The van der Waals surface area contributed by atoms with Crippen molar-refractivity contribution in [1.29, 1.82) is 0 Å².